The Labute approximate surface area is 198 Å². The van der Waals surface area contributed by atoms with Crippen LogP contribution in [0.4, 0.5) is 11.5 Å². The standard InChI is InChI=1S/C25H27ClN4O3/c1-32-23-5-3-2-4-19(23)17-29-12-14-30(15-13-29)24-11-8-21(16-27-24)28-25(31)18-33-22-9-6-20(26)7-10-22/h2-11,16H,12-15,17-18H2,1H3,(H,28,31). The van der Waals surface area contributed by atoms with Crippen LogP contribution in [-0.2, 0) is 11.3 Å². The number of hydrogen-bond donors (Lipinski definition) is 1. The van der Waals surface area contributed by atoms with E-state index in [0.29, 0.717) is 16.5 Å². The number of carbonyl (C=O) groups is 1. The van der Waals surface area contributed by atoms with Crippen LogP contribution in [-0.4, -0.2) is 55.7 Å². The Morgan fingerprint density at radius 1 is 1.03 bits per heavy atom. The van der Waals surface area contributed by atoms with E-state index in [1.165, 1.54) is 5.56 Å². The average Bonchev–Trinajstić information content (AvgIpc) is 2.85. The van der Waals surface area contributed by atoms with Crippen LogP contribution in [0.25, 0.3) is 0 Å². The Kier molecular flexibility index (Phi) is 7.65. The van der Waals surface area contributed by atoms with Crippen molar-refractivity contribution in [3.63, 3.8) is 0 Å². The topological polar surface area (TPSA) is 66.9 Å². The summed E-state index contributed by atoms with van der Waals surface area (Å²) in [6, 6.07) is 18.8. The Hall–Kier alpha value is -3.29. The second kappa shape index (κ2) is 11.0. The van der Waals surface area contributed by atoms with Gasteiger partial charge in [-0.05, 0) is 42.5 Å². The van der Waals surface area contributed by atoms with E-state index in [4.69, 9.17) is 21.1 Å². The van der Waals surface area contributed by atoms with Crippen LogP contribution in [0.15, 0.2) is 66.9 Å². The van der Waals surface area contributed by atoms with Crippen LogP contribution in [0.5, 0.6) is 11.5 Å². The molecule has 2 aromatic carbocycles. The lowest BCUT2D eigenvalue weighted by molar-refractivity contribution is -0.118. The third kappa shape index (κ3) is 6.37. The zero-order chi connectivity index (χ0) is 23.0. The fourth-order valence-corrected chi connectivity index (χ4v) is 3.86. The fourth-order valence-electron chi connectivity index (χ4n) is 3.73. The van der Waals surface area contributed by atoms with Crippen LogP contribution in [0, 0.1) is 0 Å². The predicted molar refractivity (Wildman–Crippen MR) is 130 cm³/mol. The summed E-state index contributed by atoms with van der Waals surface area (Å²) < 4.78 is 10.9. The second-order valence-corrected chi connectivity index (χ2v) is 8.21. The Morgan fingerprint density at radius 3 is 2.48 bits per heavy atom. The van der Waals surface area contributed by atoms with E-state index in [2.05, 4.69) is 26.2 Å². The highest BCUT2D eigenvalue weighted by atomic mass is 35.5. The molecule has 7 nitrogen and oxygen atoms in total. The van der Waals surface area contributed by atoms with Gasteiger partial charge in [-0.15, -0.1) is 0 Å². The number of methoxy groups -OCH3 is 1. The number of nitrogens with zero attached hydrogens (tertiary/aromatic N) is 3. The minimum atomic E-state index is -0.246. The van der Waals surface area contributed by atoms with Gasteiger partial charge in [0.25, 0.3) is 5.91 Å². The summed E-state index contributed by atoms with van der Waals surface area (Å²) >= 11 is 5.85. The third-order valence-corrected chi connectivity index (χ3v) is 5.75. The summed E-state index contributed by atoms with van der Waals surface area (Å²) in [5.74, 6) is 2.18. The summed E-state index contributed by atoms with van der Waals surface area (Å²) in [7, 11) is 1.71. The van der Waals surface area contributed by atoms with Crippen LogP contribution in [0.3, 0.4) is 0 Å². The minimum Gasteiger partial charge on any atom is -0.496 e. The van der Waals surface area contributed by atoms with Gasteiger partial charge in [-0.3, -0.25) is 9.69 Å². The highest BCUT2D eigenvalue weighted by molar-refractivity contribution is 6.30. The highest BCUT2D eigenvalue weighted by Crippen LogP contribution is 2.22. The maximum Gasteiger partial charge on any atom is 0.262 e. The van der Waals surface area contributed by atoms with Crippen LogP contribution in [0.2, 0.25) is 5.02 Å². The number of anilines is 2. The molecule has 2 heterocycles. The maximum atomic E-state index is 12.2. The van der Waals surface area contributed by atoms with E-state index in [9.17, 15) is 4.79 Å². The number of aromatic nitrogens is 1. The summed E-state index contributed by atoms with van der Waals surface area (Å²) in [5, 5.41) is 3.43. The van der Waals surface area contributed by atoms with Crippen molar-refractivity contribution in [1.29, 1.82) is 0 Å². The summed E-state index contributed by atoms with van der Waals surface area (Å²) in [5.41, 5.74) is 1.84. The van der Waals surface area contributed by atoms with Crippen LogP contribution < -0.4 is 19.7 Å². The molecule has 1 aliphatic heterocycles. The van der Waals surface area contributed by atoms with Gasteiger partial charge in [0.05, 0.1) is 19.0 Å². The zero-order valence-corrected chi connectivity index (χ0v) is 19.3. The van der Waals surface area contributed by atoms with Crippen LogP contribution in [0.1, 0.15) is 5.56 Å². The number of carbonyl (C=O) groups excluding carboxylic acids is 1. The molecule has 0 spiro atoms. The molecule has 0 unspecified atom stereocenters. The molecule has 0 atom stereocenters. The number of ether oxygens (including phenoxy) is 2. The molecule has 0 aliphatic carbocycles. The predicted octanol–water partition coefficient (Wildman–Crippen LogP) is 4.08. The van der Waals surface area contributed by atoms with Crippen molar-refractivity contribution in [3.05, 3.63) is 77.4 Å². The quantitative estimate of drug-likeness (QED) is 0.539. The molecule has 1 aromatic heterocycles. The molecule has 1 N–H and O–H groups in total. The van der Waals surface area contributed by atoms with Crippen molar-refractivity contribution in [1.82, 2.24) is 9.88 Å². The first kappa shape index (κ1) is 22.9. The number of amides is 1. The molecular formula is C25H27ClN4O3. The second-order valence-electron chi connectivity index (χ2n) is 7.77. The summed E-state index contributed by atoms with van der Waals surface area (Å²) in [6.07, 6.45) is 1.68. The molecule has 4 rings (SSSR count). The number of halogens is 1. The molecule has 8 heteroatoms. The van der Waals surface area contributed by atoms with Gasteiger partial charge in [0.2, 0.25) is 0 Å². The molecular weight excluding hydrogens is 440 g/mol. The smallest absolute Gasteiger partial charge is 0.262 e. The van der Waals surface area contributed by atoms with E-state index >= 15 is 0 Å². The normalized spacial score (nSPS) is 14.1. The third-order valence-electron chi connectivity index (χ3n) is 5.50. The SMILES string of the molecule is COc1ccccc1CN1CCN(c2ccc(NC(=O)COc3ccc(Cl)cc3)cn2)CC1. The number of hydrogen-bond acceptors (Lipinski definition) is 6. The average molecular weight is 467 g/mol. The lowest BCUT2D eigenvalue weighted by atomic mass is 10.1. The first-order valence-corrected chi connectivity index (χ1v) is 11.2. The Balaban J connectivity index is 1.24. The fraction of sp³-hybridized carbons (Fsp3) is 0.280. The summed E-state index contributed by atoms with van der Waals surface area (Å²) in [4.78, 5) is 21.4. The van der Waals surface area contributed by atoms with E-state index in [-0.39, 0.29) is 12.5 Å². The number of para-hydroxylation sites is 1. The zero-order valence-electron chi connectivity index (χ0n) is 18.5. The number of pyridine rings is 1. The Bertz CT molecular complexity index is 1050. The number of benzene rings is 2. The van der Waals surface area contributed by atoms with E-state index in [1.54, 1.807) is 37.6 Å². The van der Waals surface area contributed by atoms with Gasteiger partial charge >= 0.3 is 0 Å². The van der Waals surface area contributed by atoms with Gasteiger partial charge in [-0.2, -0.15) is 0 Å². The molecule has 1 saturated heterocycles. The van der Waals surface area contributed by atoms with Crippen molar-refractivity contribution in [2.45, 2.75) is 6.54 Å². The van der Waals surface area contributed by atoms with Gasteiger partial charge in [-0.1, -0.05) is 29.8 Å². The van der Waals surface area contributed by atoms with Crippen LogP contribution >= 0.6 is 11.6 Å². The van der Waals surface area contributed by atoms with Crippen molar-refractivity contribution in [3.8, 4) is 11.5 Å². The molecule has 0 bridgehead atoms. The molecule has 3 aromatic rings. The number of piperazine rings is 1. The molecule has 1 amide bonds. The first-order chi connectivity index (χ1) is 16.1. The van der Waals surface area contributed by atoms with Crippen molar-refractivity contribution in [2.75, 3.05) is 50.1 Å². The van der Waals surface area contributed by atoms with Crippen molar-refractivity contribution >= 4 is 29.0 Å². The molecule has 1 aliphatic rings. The molecule has 33 heavy (non-hydrogen) atoms. The van der Waals surface area contributed by atoms with Crippen molar-refractivity contribution < 1.29 is 14.3 Å². The minimum absolute atomic E-state index is 0.0858. The first-order valence-electron chi connectivity index (χ1n) is 10.8. The lowest BCUT2D eigenvalue weighted by Gasteiger charge is -2.35. The van der Waals surface area contributed by atoms with E-state index in [0.717, 1.165) is 44.3 Å². The van der Waals surface area contributed by atoms with E-state index in [1.807, 2.05) is 30.3 Å². The lowest BCUT2D eigenvalue weighted by Crippen LogP contribution is -2.46. The number of rotatable bonds is 8. The van der Waals surface area contributed by atoms with E-state index < -0.39 is 0 Å². The number of nitrogens with one attached hydrogen (secondary N) is 1. The van der Waals surface area contributed by atoms with Gasteiger partial charge < -0.3 is 19.7 Å². The largest absolute Gasteiger partial charge is 0.496 e. The van der Waals surface area contributed by atoms with Gasteiger partial charge in [-0.25, -0.2) is 4.98 Å². The molecule has 0 radical (unpaired) electrons. The summed E-state index contributed by atoms with van der Waals surface area (Å²) in [6.45, 7) is 4.46. The molecule has 172 valence electrons. The van der Waals surface area contributed by atoms with Gasteiger partial charge in [0.1, 0.15) is 17.3 Å². The molecule has 0 saturated carbocycles. The molecule has 1 fully saturated rings. The maximum absolute atomic E-state index is 12.2. The van der Waals surface area contributed by atoms with Crippen molar-refractivity contribution in [2.24, 2.45) is 0 Å². The van der Waals surface area contributed by atoms with Gasteiger partial charge in [0, 0.05) is 43.3 Å². The van der Waals surface area contributed by atoms with Gasteiger partial charge in [0.15, 0.2) is 6.61 Å². The monoisotopic (exact) mass is 466 g/mol. The Morgan fingerprint density at radius 2 is 1.79 bits per heavy atom. The highest BCUT2D eigenvalue weighted by Gasteiger charge is 2.19.